The zero-order valence-corrected chi connectivity index (χ0v) is 13.2. The van der Waals surface area contributed by atoms with Gasteiger partial charge in [-0.15, -0.1) is 0 Å². The lowest BCUT2D eigenvalue weighted by molar-refractivity contribution is 0.0612. The minimum atomic E-state index is -0.748. The van der Waals surface area contributed by atoms with Gasteiger partial charge in [-0.1, -0.05) is 13.8 Å². The summed E-state index contributed by atoms with van der Waals surface area (Å²) in [6.45, 7) is 7.26. The van der Waals surface area contributed by atoms with Crippen molar-refractivity contribution in [1.29, 1.82) is 0 Å². The first kappa shape index (κ1) is 15.4. The fourth-order valence-corrected chi connectivity index (χ4v) is 3.57. The van der Waals surface area contributed by atoms with E-state index in [1.807, 2.05) is 11.6 Å². The Kier molecular flexibility index (Phi) is 4.75. The van der Waals surface area contributed by atoms with E-state index in [-0.39, 0.29) is 5.91 Å². The molecule has 1 amide bonds. The summed E-state index contributed by atoms with van der Waals surface area (Å²) in [5.41, 5.74) is 0.728. The molecule has 1 atom stereocenters. The van der Waals surface area contributed by atoms with Crippen molar-refractivity contribution < 1.29 is 9.90 Å². The summed E-state index contributed by atoms with van der Waals surface area (Å²) < 4.78 is 1.86. The quantitative estimate of drug-likeness (QED) is 0.863. The van der Waals surface area contributed by atoms with Crippen LogP contribution in [0.3, 0.4) is 0 Å². The van der Waals surface area contributed by atoms with Gasteiger partial charge in [-0.3, -0.25) is 9.48 Å². The molecule has 112 valence electrons. The van der Waals surface area contributed by atoms with Crippen LogP contribution in [0.25, 0.3) is 0 Å². The van der Waals surface area contributed by atoms with Gasteiger partial charge in [-0.2, -0.15) is 16.9 Å². The molecule has 5 nitrogen and oxygen atoms in total. The molecule has 1 fully saturated rings. The fourth-order valence-electron chi connectivity index (χ4n) is 2.28. The lowest BCUT2D eigenvalue weighted by Gasteiger charge is -2.21. The summed E-state index contributed by atoms with van der Waals surface area (Å²) in [6, 6.07) is 0. The zero-order valence-electron chi connectivity index (χ0n) is 12.3. The molecule has 1 aromatic rings. The summed E-state index contributed by atoms with van der Waals surface area (Å²) in [7, 11) is 0. The Morgan fingerprint density at radius 1 is 1.65 bits per heavy atom. The average Bonchev–Trinajstić information content (AvgIpc) is 2.95. The molecule has 0 bridgehead atoms. The largest absolute Gasteiger partial charge is 0.387 e. The summed E-state index contributed by atoms with van der Waals surface area (Å²) in [5.74, 6) is 1.99. The van der Waals surface area contributed by atoms with Gasteiger partial charge >= 0.3 is 0 Å². The Bertz CT molecular complexity index is 479. The average molecular weight is 297 g/mol. The van der Waals surface area contributed by atoms with Gasteiger partial charge in [-0.25, -0.2) is 0 Å². The van der Waals surface area contributed by atoms with Crippen LogP contribution in [0.1, 0.15) is 36.3 Å². The van der Waals surface area contributed by atoms with Crippen molar-refractivity contribution in [2.45, 2.75) is 39.3 Å². The Hall–Kier alpha value is -1.01. The van der Waals surface area contributed by atoms with Gasteiger partial charge in [0.25, 0.3) is 5.91 Å². The normalized spacial score (nSPS) is 22.4. The topological polar surface area (TPSA) is 67.2 Å². The molecule has 1 unspecified atom stereocenters. The van der Waals surface area contributed by atoms with Crippen molar-refractivity contribution in [3.05, 3.63) is 17.5 Å². The van der Waals surface area contributed by atoms with E-state index in [4.69, 9.17) is 0 Å². The van der Waals surface area contributed by atoms with Crippen LogP contribution in [0.5, 0.6) is 0 Å². The van der Waals surface area contributed by atoms with Crippen molar-refractivity contribution in [3.8, 4) is 0 Å². The zero-order chi connectivity index (χ0) is 14.8. The highest BCUT2D eigenvalue weighted by molar-refractivity contribution is 7.99. The summed E-state index contributed by atoms with van der Waals surface area (Å²) >= 11 is 1.72. The van der Waals surface area contributed by atoms with Crippen LogP contribution in [0.4, 0.5) is 0 Å². The highest BCUT2D eigenvalue weighted by atomic mass is 32.2. The smallest absolute Gasteiger partial charge is 0.254 e. The van der Waals surface area contributed by atoms with E-state index in [1.165, 1.54) is 0 Å². The molecule has 0 spiro atoms. The molecular weight excluding hydrogens is 274 g/mol. The first-order valence-electron chi connectivity index (χ1n) is 7.02. The number of thioether (sulfide) groups is 1. The van der Waals surface area contributed by atoms with Crippen molar-refractivity contribution in [2.75, 3.05) is 18.1 Å². The Morgan fingerprint density at radius 2 is 2.40 bits per heavy atom. The van der Waals surface area contributed by atoms with E-state index in [0.29, 0.717) is 23.8 Å². The molecule has 0 aliphatic carbocycles. The van der Waals surface area contributed by atoms with Gasteiger partial charge in [0, 0.05) is 24.5 Å². The number of amides is 1. The lowest BCUT2D eigenvalue weighted by Crippen LogP contribution is -2.43. The minimum absolute atomic E-state index is 0.150. The fraction of sp³-hybridized carbons (Fsp3) is 0.714. The first-order chi connectivity index (χ1) is 9.41. The number of aromatic nitrogens is 2. The lowest BCUT2D eigenvalue weighted by atomic mass is 10.0. The molecule has 0 aromatic carbocycles. The van der Waals surface area contributed by atoms with Crippen molar-refractivity contribution in [2.24, 2.45) is 5.92 Å². The molecule has 6 heteroatoms. The van der Waals surface area contributed by atoms with Crippen LogP contribution in [0, 0.1) is 12.8 Å². The highest BCUT2D eigenvalue weighted by Gasteiger charge is 2.32. The molecule has 2 rings (SSSR count). The maximum absolute atomic E-state index is 12.2. The van der Waals surface area contributed by atoms with Crippen LogP contribution in [0.15, 0.2) is 6.20 Å². The number of aliphatic hydroxyl groups is 1. The Balaban J connectivity index is 1.97. The summed E-state index contributed by atoms with van der Waals surface area (Å²) in [6.07, 6.45) is 2.35. The second kappa shape index (κ2) is 6.18. The number of hydrogen-bond donors (Lipinski definition) is 2. The van der Waals surface area contributed by atoms with Gasteiger partial charge in [-0.05, 0) is 25.0 Å². The Morgan fingerprint density at radius 3 is 3.00 bits per heavy atom. The molecule has 2 heterocycles. The number of carbonyl (C=O) groups is 1. The van der Waals surface area contributed by atoms with Crippen LogP contribution in [-0.2, 0) is 6.54 Å². The van der Waals surface area contributed by atoms with Crippen molar-refractivity contribution >= 4 is 17.7 Å². The predicted octanol–water partition coefficient (Wildman–Crippen LogP) is 1.45. The van der Waals surface area contributed by atoms with E-state index in [9.17, 15) is 9.90 Å². The molecule has 1 aromatic heterocycles. The van der Waals surface area contributed by atoms with Crippen LogP contribution >= 0.6 is 11.8 Å². The van der Waals surface area contributed by atoms with Gasteiger partial charge in [0.2, 0.25) is 0 Å². The van der Waals surface area contributed by atoms with Gasteiger partial charge in [0.1, 0.15) is 0 Å². The second-order valence-corrected chi connectivity index (χ2v) is 7.03. The van der Waals surface area contributed by atoms with Crippen LogP contribution < -0.4 is 5.32 Å². The Labute approximate surface area is 124 Å². The maximum Gasteiger partial charge on any atom is 0.254 e. The SMILES string of the molecule is Cc1c(C(=O)NCC2(O)CCSC2)cnn1CC(C)C. The highest BCUT2D eigenvalue weighted by Crippen LogP contribution is 2.27. The third-order valence-corrected chi connectivity index (χ3v) is 4.78. The predicted molar refractivity (Wildman–Crippen MR) is 81.0 cm³/mol. The summed E-state index contributed by atoms with van der Waals surface area (Å²) in [5, 5.41) is 17.3. The number of hydrogen-bond acceptors (Lipinski definition) is 4. The molecular formula is C14H23N3O2S. The number of nitrogens with zero attached hydrogens (tertiary/aromatic N) is 2. The van der Waals surface area contributed by atoms with E-state index >= 15 is 0 Å². The van der Waals surface area contributed by atoms with Crippen molar-refractivity contribution in [1.82, 2.24) is 15.1 Å². The van der Waals surface area contributed by atoms with Gasteiger partial charge < -0.3 is 10.4 Å². The van der Waals surface area contributed by atoms with E-state index in [1.54, 1.807) is 18.0 Å². The number of nitrogens with one attached hydrogen (secondary N) is 1. The monoisotopic (exact) mass is 297 g/mol. The molecule has 20 heavy (non-hydrogen) atoms. The molecule has 1 saturated heterocycles. The maximum atomic E-state index is 12.2. The first-order valence-corrected chi connectivity index (χ1v) is 8.17. The van der Waals surface area contributed by atoms with Crippen LogP contribution in [0.2, 0.25) is 0 Å². The third-order valence-electron chi connectivity index (χ3n) is 3.55. The molecule has 0 radical (unpaired) electrons. The molecule has 0 saturated carbocycles. The summed E-state index contributed by atoms with van der Waals surface area (Å²) in [4.78, 5) is 12.2. The van der Waals surface area contributed by atoms with E-state index < -0.39 is 5.60 Å². The molecule has 1 aliphatic heterocycles. The van der Waals surface area contributed by atoms with E-state index in [2.05, 4.69) is 24.3 Å². The van der Waals surface area contributed by atoms with Gasteiger partial charge in [0.05, 0.1) is 17.4 Å². The third kappa shape index (κ3) is 3.55. The second-order valence-electron chi connectivity index (χ2n) is 5.93. The molecule has 2 N–H and O–H groups in total. The number of rotatable bonds is 5. The number of carbonyl (C=O) groups excluding carboxylic acids is 1. The van der Waals surface area contributed by atoms with Crippen molar-refractivity contribution in [3.63, 3.8) is 0 Å². The van der Waals surface area contributed by atoms with Crippen LogP contribution in [-0.4, -0.2) is 44.4 Å². The van der Waals surface area contributed by atoms with E-state index in [0.717, 1.165) is 24.4 Å². The minimum Gasteiger partial charge on any atom is -0.387 e. The van der Waals surface area contributed by atoms with Gasteiger partial charge in [0.15, 0.2) is 0 Å². The standard InChI is InChI=1S/C14H23N3O2S/c1-10(2)7-17-11(3)12(6-16-17)13(18)15-8-14(19)4-5-20-9-14/h6,10,19H,4-5,7-9H2,1-3H3,(H,15,18). The molecule has 1 aliphatic rings.